The minimum absolute atomic E-state index is 0.0639. The van der Waals surface area contributed by atoms with E-state index in [4.69, 9.17) is 4.74 Å². The molecule has 5 nitrogen and oxygen atoms in total. The highest BCUT2D eigenvalue weighted by Crippen LogP contribution is 2.31. The van der Waals surface area contributed by atoms with Crippen molar-refractivity contribution in [1.29, 1.82) is 5.26 Å². The number of esters is 1. The summed E-state index contributed by atoms with van der Waals surface area (Å²) in [6.07, 6.45) is 1.39. The van der Waals surface area contributed by atoms with Crippen molar-refractivity contribution in [3.05, 3.63) is 83.6 Å². The molecule has 0 radical (unpaired) electrons. The van der Waals surface area contributed by atoms with E-state index in [1.54, 1.807) is 11.9 Å². The highest BCUT2D eigenvalue weighted by Gasteiger charge is 2.25. The Balaban J connectivity index is 2.33. The molecule has 158 valence electrons. The van der Waals surface area contributed by atoms with Crippen molar-refractivity contribution >= 4 is 5.97 Å². The van der Waals surface area contributed by atoms with Crippen LogP contribution in [0.3, 0.4) is 0 Å². The van der Waals surface area contributed by atoms with Crippen LogP contribution in [0.5, 0.6) is 0 Å². The molecule has 0 aromatic heterocycles. The number of hydrogen-bond acceptors (Lipinski definition) is 5. The SMILES string of the molecule is COC(=O)C[C@@H](C)[C@@H](/C=C(\C#N)N(C)[C@@H](C)[C@H](O)c1ccccc1)c1ccccc1. The molecule has 2 rings (SSSR count). The van der Waals surface area contributed by atoms with E-state index in [-0.39, 0.29) is 30.3 Å². The van der Waals surface area contributed by atoms with Gasteiger partial charge in [-0.15, -0.1) is 0 Å². The minimum atomic E-state index is -0.740. The Morgan fingerprint density at radius 2 is 1.63 bits per heavy atom. The first-order valence-electron chi connectivity index (χ1n) is 10.1. The van der Waals surface area contributed by atoms with Gasteiger partial charge in [0.25, 0.3) is 0 Å². The van der Waals surface area contributed by atoms with E-state index in [1.165, 1.54) is 7.11 Å². The molecule has 0 spiro atoms. The summed E-state index contributed by atoms with van der Waals surface area (Å²) in [6, 6.07) is 21.2. The summed E-state index contributed by atoms with van der Waals surface area (Å²) >= 11 is 0. The number of benzene rings is 2. The summed E-state index contributed by atoms with van der Waals surface area (Å²) in [6.45, 7) is 3.86. The summed E-state index contributed by atoms with van der Waals surface area (Å²) in [5.41, 5.74) is 2.27. The molecule has 0 aliphatic heterocycles. The number of rotatable bonds is 9. The van der Waals surface area contributed by atoms with Gasteiger partial charge in [-0.3, -0.25) is 4.79 Å². The monoisotopic (exact) mass is 406 g/mol. The van der Waals surface area contributed by atoms with Crippen LogP contribution in [0.25, 0.3) is 0 Å². The third-order valence-corrected chi connectivity index (χ3v) is 5.55. The highest BCUT2D eigenvalue weighted by molar-refractivity contribution is 5.69. The predicted molar refractivity (Wildman–Crippen MR) is 117 cm³/mol. The molecular weight excluding hydrogens is 376 g/mol. The van der Waals surface area contributed by atoms with Crippen molar-refractivity contribution in [3.8, 4) is 6.07 Å². The van der Waals surface area contributed by atoms with Gasteiger partial charge in [0.1, 0.15) is 11.8 Å². The molecule has 0 saturated heterocycles. The standard InChI is InChI=1S/C25H30N2O3/c1-18(15-24(28)30-4)23(20-11-7-5-8-12-20)16-22(17-26)27(3)19(2)25(29)21-13-9-6-10-14-21/h5-14,16,18-19,23,25,29H,15H2,1-4H3/b22-16+/t18-,19+,23-,25+/m1/s1. The zero-order valence-corrected chi connectivity index (χ0v) is 18.0. The fourth-order valence-corrected chi connectivity index (χ4v) is 3.50. The number of methoxy groups -OCH3 is 1. The first kappa shape index (κ1) is 23.2. The van der Waals surface area contributed by atoms with Crippen LogP contribution in [-0.2, 0) is 9.53 Å². The topological polar surface area (TPSA) is 73.6 Å². The number of allylic oxidation sites excluding steroid dienone is 2. The lowest BCUT2D eigenvalue weighted by atomic mass is 9.84. The second-order valence-corrected chi connectivity index (χ2v) is 7.56. The summed E-state index contributed by atoms with van der Waals surface area (Å²) in [7, 11) is 3.18. The van der Waals surface area contributed by atoms with Gasteiger partial charge < -0.3 is 14.7 Å². The molecule has 0 unspecified atom stereocenters. The number of carbonyl (C=O) groups excluding carboxylic acids is 1. The maximum Gasteiger partial charge on any atom is 0.305 e. The molecule has 4 atom stereocenters. The molecule has 2 aromatic rings. The largest absolute Gasteiger partial charge is 0.469 e. The van der Waals surface area contributed by atoms with Gasteiger partial charge in [-0.1, -0.05) is 67.6 Å². The predicted octanol–water partition coefficient (Wildman–Crippen LogP) is 4.43. The van der Waals surface area contributed by atoms with Gasteiger partial charge in [0, 0.05) is 19.4 Å². The van der Waals surface area contributed by atoms with Crippen molar-refractivity contribution < 1.29 is 14.6 Å². The van der Waals surface area contributed by atoms with Crippen molar-refractivity contribution in [2.75, 3.05) is 14.2 Å². The van der Waals surface area contributed by atoms with Gasteiger partial charge >= 0.3 is 5.97 Å². The van der Waals surface area contributed by atoms with Crippen LogP contribution in [-0.4, -0.2) is 36.2 Å². The molecule has 0 aliphatic rings. The molecule has 0 fully saturated rings. The lowest BCUT2D eigenvalue weighted by molar-refractivity contribution is -0.141. The van der Waals surface area contributed by atoms with Crippen LogP contribution in [0.1, 0.15) is 43.4 Å². The van der Waals surface area contributed by atoms with E-state index in [1.807, 2.05) is 80.6 Å². The normalized spacial score (nSPS) is 15.4. The van der Waals surface area contributed by atoms with Crippen LogP contribution in [0, 0.1) is 17.2 Å². The van der Waals surface area contributed by atoms with Gasteiger partial charge in [-0.25, -0.2) is 0 Å². The number of likely N-dealkylation sites (N-methyl/N-ethyl adjacent to an activating group) is 1. The van der Waals surface area contributed by atoms with Gasteiger partial charge in [-0.05, 0) is 30.0 Å². The summed E-state index contributed by atoms with van der Waals surface area (Å²) < 4.78 is 4.84. The van der Waals surface area contributed by atoms with E-state index < -0.39 is 6.10 Å². The molecule has 0 saturated carbocycles. The summed E-state index contributed by atoms with van der Waals surface area (Å²) in [5.74, 6) is -0.494. The van der Waals surface area contributed by atoms with Crippen LogP contribution in [0.2, 0.25) is 0 Å². The maximum absolute atomic E-state index is 11.9. The Morgan fingerprint density at radius 3 is 2.13 bits per heavy atom. The van der Waals surface area contributed by atoms with Crippen LogP contribution < -0.4 is 0 Å². The Morgan fingerprint density at radius 1 is 1.10 bits per heavy atom. The molecule has 2 aromatic carbocycles. The fourth-order valence-electron chi connectivity index (χ4n) is 3.50. The van der Waals surface area contributed by atoms with Gasteiger partial charge in [0.2, 0.25) is 0 Å². The second kappa shape index (κ2) is 11.2. The van der Waals surface area contributed by atoms with E-state index in [2.05, 4.69) is 6.07 Å². The number of carbonyl (C=O) groups is 1. The van der Waals surface area contributed by atoms with E-state index in [0.29, 0.717) is 5.70 Å². The lowest BCUT2D eigenvalue weighted by Crippen LogP contribution is -2.34. The highest BCUT2D eigenvalue weighted by atomic mass is 16.5. The zero-order chi connectivity index (χ0) is 22.1. The molecule has 0 heterocycles. The Hall–Kier alpha value is -3.10. The van der Waals surface area contributed by atoms with E-state index >= 15 is 0 Å². The third-order valence-electron chi connectivity index (χ3n) is 5.55. The average Bonchev–Trinajstić information content (AvgIpc) is 2.79. The van der Waals surface area contributed by atoms with Crippen molar-refractivity contribution in [2.45, 2.75) is 38.3 Å². The fraction of sp³-hybridized carbons (Fsp3) is 0.360. The first-order valence-corrected chi connectivity index (χ1v) is 10.1. The van der Waals surface area contributed by atoms with E-state index in [9.17, 15) is 15.2 Å². The average molecular weight is 407 g/mol. The number of aliphatic hydroxyl groups excluding tert-OH is 1. The molecule has 0 amide bonds. The van der Waals surface area contributed by atoms with Gasteiger partial charge in [0.05, 0.1) is 19.3 Å². The molecular formula is C25H30N2O3. The molecule has 30 heavy (non-hydrogen) atoms. The maximum atomic E-state index is 11.9. The molecule has 0 bridgehead atoms. The van der Waals surface area contributed by atoms with E-state index in [0.717, 1.165) is 11.1 Å². The van der Waals surface area contributed by atoms with Crippen molar-refractivity contribution in [3.63, 3.8) is 0 Å². The Labute approximate surface area is 179 Å². The zero-order valence-electron chi connectivity index (χ0n) is 18.0. The number of aliphatic hydroxyl groups is 1. The van der Waals surface area contributed by atoms with Gasteiger partial charge in [-0.2, -0.15) is 5.26 Å². The second-order valence-electron chi connectivity index (χ2n) is 7.56. The molecule has 5 heteroatoms. The Bertz CT molecular complexity index is 874. The number of hydrogen-bond donors (Lipinski definition) is 1. The van der Waals surface area contributed by atoms with Crippen LogP contribution in [0.4, 0.5) is 0 Å². The number of ether oxygens (including phenoxy) is 1. The third kappa shape index (κ3) is 5.95. The minimum Gasteiger partial charge on any atom is -0.469 e. The number of nitrogens with zero attached hydrogens (tertiary/aromatic N) is 2. The van der Waals surface area contributed by atoms with Crippen LogP contribution in [0.15, 0.2) is 72.4 Å². The Kier molecular flexibility index (Phi) is 8.64. The van der Waals surface area contributed by atoms with Gasteiger partial charge in [0.15, 0.2) is 0 Å². The smallest absolute Gasteiger partial charge is 0.305 e. The molecule has 1 N–H and O–H groups in total. The lowest BCUT2D eigenvalue weighted by Gasteiger charge is -2.31. The quantitative estimate of drug-likeness (QED) is 0.493. The van der Waals surface area contributed by atoms with Crippen molar-refractivity contribution in [1.82, 2.24) is 4.90 Å². The van der Waals surface area contributed by atoms with Crippen LogP contribution >= 0.6 is 0 Å². The summed E-state index contributed by atoms with van der Waals surface area (Å²) in [4.78, 5) is 13.6. The van der Waals surface area contributed by atoms with Crippen molar-refractivity contribution in [2.24, 2.45) is 5.92 Å². The summed E-state index contributed by atoms with van der Waals surface area (Å²) in [5, 5.41) is 20.6. The molecule has 0 aliphatic carbocycles. The number of nitriles is 1. The first-order chi connectivity index (χ1) is 14.4.